The van der Waals surface area contributed by atoms with Gasteiger partial charge < -0.3 is 5.11 Å². The number of carboxylic acids is 1. The molecule has 0 bridgehead atoms. The average molecular weight is 376 g/mol. The summed E-state index contributed by atoms with van der Waals surface area (Å²) < 4.78 is 31.7. The highest BCUT2D eigenvalue weighted by atomic mass is 31.1. The fourth-order valence-electron chi connectivity index (χ4n) is 2.18. The number of hydrogen-bond acceptors (Lipinski definition) is 1. The molecule has 0 aliphatic rings. The summed E-state index contributed by atoms with van der Waals surface area (Å²) in [6.07, 6.45) is -5.08. The molecule has 0 amide bonds. The zero-order chi connectivity index (χ0) is 19.0. The number of aliphatic carboxylic acids is 1. The van der Waals surface area contributed by atoms with Crippen LogP contribution in [0.2, 0.25) is 0 Å². The molecule has 2 nitrogen and oxygen atoms in total. The molecule has 6 heteroatoms. The van der Waals surface area contributed by atoms with Gasteiger partial charge >= 0.3 is 12.1 Å². The maximum Gasteiger partial charge on any atom is 0.490 e. The highest BCUT2D eigenvalue weighted by Gasteiger charge is 2.38. The van der Waals surface area contributed by atoms with E-state index >= 15 is 0 Å². The normalized spacial score (nSPS) is 10.8. The van der Waals surface area contributed by atoms with E-state index in [0.29, 0.717) is 0 Å². The van der Waals surface area contributed by atoms with Gasteiger partial charge in [-0.25, -0.2) is 4.79 Å². The lowest BCUT2D eigenvalue weighted by atomic mass is 10.4. The lowest BCUT2D eigenvalue weighted by molar-refractivity contribution is -0.192. The molecule has 26 heavy (non-hydrogen) atoms. The monoisotopic (exact) mass is 376 g/mol. The first kappa shape index (κ1) is 19.7. The standard InChI is InChI=1S/C18H15P.C2HF3O2/c1-4-10-16(11-5-1)19(17-12-6-2-7-13-17)18-14-8-3-9-15-18;3-2(4,5)1(6)7/h1-15H;(H,6,7). The van der Waals surface area contributed by atoms with Gasteiger partial charge in [-0.3, -0.25) is 0 Å². The van der Waals surface area contributed by atoms with Crippen LogP contribution >= 0.6 is 7.92 Å². The Hall–Kier alpha value is -2.65. The second-order valence-electron chi connectivity index (χ2n) is 5.14. The predicted molar refractivity (Wildman–Crippen MR) is 98.8 cm³/mol. The lowest BCUT2D eigenvalue weighted by Gasteiger charge is -2.18. The van der Waals surface area contributed by atoms with Crippen LogP contribution in [0.1, 0.15) is 0 Å². The summed E-state index contributed by atoms with van der Waals surface area (Å²) in [6.45, 7) is 0. The summed E-state index contributed by atoms with van der Waals surface area (Å²) in [6, 6.07) is 32.3. The number of carboxylic acid groups (broad SMARTS) is 1. The summed E-state index contributed by atoms with van der Waals surface area (Å²) in [5, 5.41) is 11.3. The Morgan fingerprint density at radius 2 is 0.885 bits per heavy atom. The van der Waals surface area contributed by atoms with Gasteiger partial charge in [-0.2, -0.15) is 13.2 Å². The molecule has 0 radical (unpaired) electrons. The smallest absolute Gasteiger partial charge is 0.475 e. The molecule has 0 aromatic heterocycles. The zero-order valence-corrected chi connectivity index (χ0v) is 14.5. The minimum Gasteiger partial charge on any atom is -0.475 e. The van der Waals surface area contributed by atoms with E-state index in [1.807, 2.05) is 0 Å². The van der Waals surface area contributed by atoms with Crippen molar-refractivity contribution in [3.63, 3.8) is 0 Å². The van der Waals surface area contributed by atoms with Crippen molar-refractivity contribution in [2.75, 3.05) is 0 Å². The van der Waals surface area contributed by atoms with E-state index in [1.54, 1.807) is 0 Å². The number of rotatable bonds is 3. The molecule has 0 saturated carbocycles. The summed E-state index contributed by atoms with van der Waals surface area (Å²) in [5.41, 5.74) is 0. The molecule has 1 N–H and O–H groups in total. The molecular weight excluding hydrogens is 360 g/mol. The minimum absolute atomic E-state index is 0.446. The van der Waals surface area contributed by atoms with Crippen molar-refractivity contribution in [2.45, 2.75) is 6.18 Å². The Balaban J connectivity index is 0.000000298. The van der Waals surface area contributed by atoms with Crippen LogP contribution in [-0.4, -0.2) is 17.3 Å². The van der Waals surface area contributed by atoms with Crippen LogP contribution in [0, 0.1) is 0 Å². The molecule has 0 saturated heterocycles. The number of carbonyl (C=O) groups is 1. The maximum absolute atomic E-state index is 10.6. The van der Waals surface area contributed by atoms with Crippen molar-refractivity contribution in [3.05, 3.63) is 91.0 Å². The van der Waals surface area contributed by atoms with Gasteiger partial charge in [0.25, 0.3) is 0 Å². The molecule has 0 fully saturated rings. The Morgan fingerprint density at radius 3 is 1.08 bits per heavy atom. The number of alkyl halides is 3. The molecule has 3 aromatic carbocycles. The van der Waals surface area contributed by atoms with E-state index in [0.717, 1.165) is 0 Å². The van der Waals surface area contributed by atoms with Crippen molar-refractivity contribution < 1.29 is 23.1 Å². The third-order valence-electron chi connectivity index (χ3n) is 3.29. The summed E-state index contributed by atoms with van der Waals surface area (Å²) in [7, 11) is -0.446. The zero-order valence-electron chi connectivity index (χ0n) is 13.6. The van der Waals surface area contributed by atoms with Crippen LogP contribution < -0.4 is 15.9 Å². The lowest BCUT2D eigenvalue weighted by Crippen LogP contribution is -2.21. The van der Waals surface area contributed by atoms with Crippen molar-refractivity contribution >= 4 is 29.8 Å². The molecule has 0 atom stereocenters. The van der Waals surface area contributed by atoms with Gasteiger partial charge in [-0.15, -0.1) is 0 Å². The first-order valence-electron chi connectivity index (χ1n) is 7.65. The predicted octanol–water partition coefficient (Wildman–Crippen LogP) is 4.08. The molecule has 3 rings (SSSR count). The quantitative estimate of drug-likeness (QED) is 0.700. The summed E-state index contributed by atoms with van der Waals surface area (Å²) >= 11 is 0. The molecule has 0 aliphatic heterocycles. The first-order chi connectivity index (χ1) is 12.4. The summed E-state index contributed by atoms with van der Waals surface area (Å²) in [5.74, 6) is -2.76. The van der Waals surface area contributed by atoms with Crippen LogP contribution in [-0.2, 0) is 4.79 Å². The number of benzene rings is 3. The van der Waals surface area contributed by atoms with Gasteiger partial charge in [-0.1, -0.05) is 91.0 Å². The van der Waals surface area contributed by atoms with Crippen molar-refractivity contribution in [1.82, 2.24) is 0 Å². The van der Waals surface area contributed by atoms with E-state index in [-0.39, 0.29) is 0 Å². The van der Waals surface area contributed by atoms with Crippen LogP contribution in [0.5, 0.6) is 0 Å². The Bertz CT molecular complexity index is 713. The average Bonchev–Trinajstić information content (AvgIpc) is 2.64. The van der Waals surface area contributed by atoms with Gasteiger partial charge in [0, 0.05) is 0 Å². The second-order valence-corrected chi connectivity index (χ2v) is 7.36. The molecular formula is C20H16F3O2P. The van der Waals surface area contributed by atoms with Crippen molar-refractivity contribution in [3.8, 4) is 0 Å². The Morgan fingerprint density at radius 1 is 0.654 bits per heavy atom. The topological polar surface area (TPSA) is 37.3 Å². The van der Waals surface area contributed by atoms with Gasteiger partial charge in [0.05, 0.1) is 0 Å². The summed E-state index contributed by atoms with van der Waals surface area (Å²) in [4.78, 5) is 8.90. The van der Waals surface area contributed by atoms with E-state index in [4.69, 9.17) is 9.90 Å². The van der Waals surface area contributed by atoms with Crippen LogP contribution in [0.25, 0.3) is 0 Å². The molecule has 3 aromatic rings. The van der Waals surface area contributed by atoms with Crippen molar-refractivity contribution in [1.29, 1.82) is 0 Å². The first-order valence-corrected chi connectivity index (χ1v) is 8.99. The SMILES string of the molecule is O=C(O)C(F)(F)F.c1ccc(P(c2ccccc2)c2ccccc2)cc1. The highest BCUT2D eigenvalue weighted by Crippen LogP contribution is 2.32. The van der Waals surface area contributed by atoms with E-state index < -0.39 is 20.1 Å². The van der Waals surface area contributed by atoms with Gasteiger partial charge in [-0.05, 0) is 23.8 Å². The third kappa shape index (κ3) is 5.71. The van der Waals surface area contributed by atoms with Gasteiger partial charge in [0.2, 0.25) is 0 Å². The van der Waals surface area contributed by atoms with E-state index in [2.05, 4.69) is 91.0 Å². The Kier molecular flexibility index (Phi) is 6.93. The Labute approximate surface area is 150 Å². The van der Waals surface area contributed by atoms with E-state index in [1.165, 1.54) is 15.9 Å². The van der Waals surface area contributed by atoms with Crippen molar-refractivity contribution in [2.24, 2.45) is 0 Å². The van der Waals surface area contributed by atoms with Crippen LogP contribution in [0.3, 0.4) is 0 Å². The second kappa shape index (κ2) is 9.16. The maximum atomic E-state index is 10.6. The van der Waals surface area contributed by atoms with E-state index in [9.17, 15) is 13.2 Å². The molecule has 134 valence electrons. The largest absolute Gasteiger partial charge is 0.490 e. The van der Waals surface area contributed by atoms with Crippen LogP contribution in [0.4, 0.5) is 13.2 Å². The molecule has 0 unspecified atom stereocenters. The number of halogens is 3. The third-order valence-corrected chi connectivity index (χ3v) is 5.73. The fourth-order valence-corrected chi connectivity index (χ4v) is 4.48. The van der Waals surface area contributed by atoms with Gasteiger partial charge in [0.15, 0.2) is 0 Å². The number of hydrogen-bond donors (Lipinski definition) is 1. The highest BCUT2D eigenvalue weighted by molar-refractivity contribution is 7.79. The molecule has 0 heterocycles. The minimum atomic E-state index is -5.08. The molecule has 0 spiro atoms. The van der Waals surface area contributed by atoms with Crippen LogP contribution in [0.15, 0.2) is 91.0 Å². The van der Waals surface area contributed by atoms with Gasteiger partial charge in [0.1, 0.15) is 0 Å². The molecule has 0 aliphatic carbocycles. The fraction of sp³-hybridized carbons (Fsp3) is 0.0500.